The number of aliphatic imine (C=N–C) groups is 1. The Morgan fingerprint density at radius 3 is 1.85 bits per heavy atom. The van der Waals surface area contributed by atoms with Crippen LogP contribution in [0.25, 0.3) is 9.75 Å². The summed E-state index contributed by atoms with van der Waals surface area (Å²) in [7, 11) is 0. The van der Waals surface area contributed by atoms with Crippen molar-refractivity contribution in [3.63, 3.8) is 0 Å². The van der Waals surface area contributed by atoms with Crippen molar-refractivity contribution in [1.29, 1.82) is 0 Å². The highest BCUT2D eigenvalue weighted by atomic mass is 32.1. The minimum atomic E-state index is -0.188. The molecule has 0 spiro atoms. The maximum absolute atomic E-state index is 14.0. The van der Waals surface area contributed by atoms with Gasteiger partial charge in [0, 0.05) is 21.4 Å². The number of fused-ring (bicyclic) bond motifs is 1. The van der Waals surface area contributed by atoms with Crippen LogP contribution in [0.5, 0.6) is 5.88 Å². The Kier molecular flexibility index (Phi) is 17.1. The first-order chi connectivity index (χ1) is 22.7. The Balaban J connectivity index is 1.32. The molecule has 4 rings (SSSR count). The fourth-order valence-corrected chi connectivity index (χ4v) is 8.27. The number of carbonyl (C=O) groups is 1. The summed E-state index contributed by atoms with van der Waals surface area (Å²) in [5, 5.41) is 2.10. The fraction of sp³-hybridized carbons (Fsp3) is 0.625. The van der Waals surface area contributed by atoms with Gasteiger partial charge in [-0.1, -0.05) is 142 Å². The molecule has 1 unspecified atom stereocenters. The first kappa shape index (κ1) is 36.5. The van der Waals surface area contributed by atoms with Crippen molar-refractivity contribution in [3.05, 3.63) is 52.2 Å². The van der Waals surface area contributed by atoms with Gasteiger partial charge in [-0.3, -0.25) is 4.79 Å². The monoisotopic (exact) mass is 662 g/mol. The molecule has 1 aliphatic heterocycles. The van der Waals surface area contributed by atoms with Crippen LogP contribution in [0.2, 0.25) is 0 Å². The van der Waals surface area contributed by atoms with Gasteiger partial charge < -0.3 is 4.74 Å². The number of aromatic nitrogens is 1. The number of hydrogen-bond donors (Lipinski definition) is 0. The molecule has 6 heteroatoms. The molecule has 0 saturated carbocycles. The number of unbranched alkanes of at least 4 members (excludes halogenated alkanes) is 18. The van der Waals surface area contributed by atoms with E-state index in [1.54, 1.807) is 22.7 Å². The third-order valence-corrected chi connectivity index (χ3v) is 11.4. The summed E-state index contributed by atoms with van der Waals surface area (Å²) in [4.78, 5) is 27.1. The van der Waals surface area contributed by atoms with Crippen molar-refractivity contribution < 1.29 is 9.53 Å². The lowest BCUT2D eigenvalue weighted by molar-refractivity contribution is -0.114. The number of pyridine rings is 1. The molecule has 4 heterocycles. The Hall–Kier alpha value is -2.31. The average molecular weight is 663 g/mol. The van der Waals surface area contributed by atoms with Gasteiger partial charge in [0.1, 0.15) is 5.71 Å². The second-order valence-corrected chi connectivity index (χ2v) is 15.1. The number of hydrogen-bond acceptors (Lipinski definition) is 6. The topological polar surface area (TPSA) is 51.6 Å². The van der Waals surface area contributed by atoms with E-state index in [-0.39, 0.29) is 11.7 Å². The van der Waals surface area contributed by atoms with Gasteiger partial charge in [-0.2, -0.15) is 4.98 Å². The van der Waals surface area contributed by atoms with E-state index in [4.69, 9.17) is 14.7 Å². The number of thiophene rings is 2. The van der Waals surface area contributed by atoms with Gasteiger partial charge in [-0.25, -0.2) is 4.99 Å². The lowest BCUT2D eigenvalue weighted by atomic mass is 9.85. The summed E-state index contributed by atoms with van der Waals surface area (Å²) >= 11 is 3.38. The van der Waals surface area contributed by atoms with E-state index in [1.165, 1.54) is 125 Å². The molecule has 0 amide bonds. The van der Waals surface area contributed by atoms with Crippen molar-refractivity contribution in [2.24, 2.45) is 4.99 Å². The predicted molar refractivity (Wildman–Crippen MR) is 200 cm³/mol. The van der Waals surface area contributed by atoms with Crippen molar-refractivity contribution in [1.82, 2.24) is 4.98 Å². The van der Waals surface area contributed by atoms with Gasteiger partial charge in [0.25, 0.3) is 0 Å². The highest BCUT2D eigenvalue weighted by Crippen LogP contribution is 2.39. The first-order valence-corrected chi connectivity index (χ1v) is 20.3. The number of ketones is 1. The zero-order chi connectivity index (χ0) is 32.2. The molecule has 46 heavy (non-hydrogen) atoms. The fourth-order valence-electron chi connectivity index (χ4n) is 6.43. The van der Waals surface area contributed by atoms with E-state index < -0.39 is 0 Å². The predicted octanol–water partition coefficient (Wildman–Crippen LogP) is 13.3. The smallest absolute Gasteiger partial charge is 0.215 e. The zero-order valence-electron chi connectivity index (χ0n) is 28.7. The van der Waals surface area contributed by atoms with Crippen molar-refractivity contribution in [2.45, 2.75) is 155 Å². The molecule has 1 aliphatic rings. The van der Waals surface area contributed by atoms with Gasteiger partial charge in [0.2, 0.25) is 5.88 Å². The molecule has 4 nitrogen and oxygen atoms in total. The van der Waals surface area contributed by atoms with E-state index in [9.17, 15) is 4.79 Å². The molecule has 0 saturated heterocycles. The van der Waals surface area contributed by atoms with E-state index in [0.29, 0.717) is 24.0 Å². The first-order valence-electron chi connectivity index (χ1n) is 18.6. The van der Waals surface area contributed by atoms with Crippen molar-refractivity contribution >= 4 is 40.0 Å². The van der Waals surface area contributed by atoms with Crippen LogP contribution in [0.1, 0.15) is 165 Å². The Labute approximate surface area is 287 Å². The molecular weight excluding hydrogens is 605 g/mol. The number of carbonyl (C=O) groups excluding carboxylic acids is 1. The summed E-state index contributed by atoms with van der Waals surface area (Å²) in [5.41, 5.74) is 1.53. The molecule has 252 valence electrons. The number of ether oxygens (including phenoxy) is 1. The molecule has 0 bridgehead atoms. The molecule has 0 fully saturated rings. The molecule has 3 aromatic rings. The summed E-state index contributed by atoms with van der Waals surface area (Å²) < 4.78 is 6.11. The molecule has 0 N–H and O–H groups in total. The van der Waals surface area contributed by atoms with E-state index >= 15 is 0 Å². The van der Waals surface area contributed by atoms with Gasteiger partial charge in [-0.05, 0) is 42.5 Å². The highest BCUT2D eigenvalue weighted by molar-refractivity contribution is 7.22. The molecule has 1 atom stereocenters. The second kappa shape index (κ2) is 21.5. The summed E-state index contributed by atoms with van der Waals surface area (Å²) in [5.74, 6) is 1.24. The summed E-state index contributed by atoms with van der Waals surface area (Å²) in [6.07, 6.45) is 26.8. The van der Waals surface area contributed by atoms with Crippen molar-refractivity contribution in [3.8, 4) is 15.6 Å². The van der Waals surface area contributed by atoms with Gasteiger partial charge in [0.15, 0.2) is 11.6 Å². The number of nitrogens with zero attached hydrogens (tertiary/aromatic N) is 2. The normalized spacial score (nSPS) is 14.4. The van der Waals surface area contributed by atoms with Crippen LogP contribution in [0, 0.1) is 0 Å². The zero-order valence-corrected chi connectivity index (χ0v) is 30.3. The second-order valence-electron chi connectivity index (χ2n) is 13.1. The van der Waals surface area contributed by atoms with E-state index in [1.807, 2.05) is 6.07 Å². The maximum Gasteiger partial charge on any atom is 0.215 e. The Bertz CT molecular complexity index is 1300. The van der Waals surface area contributed by atoms with Gasteiger partial charge in [0.05, 0.1) is 17.4 Å². The van der Waals surface area contributed by atoms with Crippen LogP contribution >= 0.6 is 22.7 Å². The standard InChI is InChI=1S/C40H58N2O2S2/c1-3-5-7-9-11-13-15-17-19-21-24-32-33-26-29-37(44-30-22-20-18-16-14-12-10-8-6-4-2)41-40(33)42-38(39(32)43)36-28-27-35(46-36)34-25-23-31-45-34/h23,25-29,31-32H,3-22,24,30H2,1-2H3. The third kappa shape index (κ3) is 12.0. The van der Waals surface area contributed by atoms with Crippen LogP contribution < -0.4 is 4.74 Å². The number of rotatable bonds is 25. The van der Waals surface area contributed by atoms with Crippen LogP contribution in [-0.2, 0) is 4.79 Å². The third-order valence-electron chi connectivity index (χ3n) is 9.22. The van der Waals surface area contributed by atoms with Crippen LogP contribution in [0.3, 0.4) is 0 Å². The summed E-state index contributed by atoms with van der Waals surface area (Å²) in [6, 6.07) is 12.4. The number of Topliss-reactive ketones (excluding diaryl/α,β-unsaturated/α-hetero) is 1. The van der Waals surface area contributed by atoms with Gasteiger partial charge in [-0.15, -0.1) is 22.7 Å². The molecule has 0 aliphatic carbocycles. The van der Waals surface area contributed by atoms with Crippen molar-refractivity contribution in [2.75, 3.05) is 6.61 Å². The maximum atomic E-state index is 14.0. The Morgan fingerprint density at radius 2 is 1.24 bits per heavy atom. The molecule has 0 aromatic carbocycles. The van der Waals surface area contributed by atoms with Gasteiger partial charge >= 0.3 is 0 Å². The van der Waals surface area contributed by atoms with E-state index in [2.05, 4.69) is 49.6 Å². The SMILES string of the molecule is CCCCCCCCCCCCOc1ccc2c(n1)N=C(c1ccc(-c3cccs3)s1)C(=O)C2CCCCCCCCCCCC. The Morgan fingerprint density at radius 1 is 0.652 bits per heavy atom. The minimum absolute atomic E-state index is 0.142. The van der Waals surface area contributed by atoms with Crippen LogP contribution in [0.15, 0.2) is 46.8 Å². The quantitative estimate of drug-likeness (QED) is 0.0848. The average Bonchev–Trinajstić information content (AvgIpc) is 3.78. The highest BCUT2D eigenvalue weighted by Gasteiger charge is 2.33. The molecule has 3 aromatic heterocycles. The van der Waals surface area contributed by atoms with Crippen LogP contribution in [0.4, 0.5) is 5.82 Å². The lowest BCUT2D eigenvalue weighted by Gasteiger charge is -2.23. The van der Waals surface area contributed by atoms with E-state index in [0.717, 1.165) is 29.7 Å². The largest absolute Gasteiger partial charge is 0.478 e. The lowest BCUT2D eigenvalue weighted by Crippen LogP contribution is -2.26. The summed E-state index contributed by atoms with van der Waals surface area (Å²) in [6.45, 7) is 5.22. The molecule has 0 radical (unpaired) electrons. The minimum Gasteiger partial charge on any atom is -0.478 e. The van der Waals surface area contributed by atoms with Crippen LogP contribution in [-0.4, -0.2) is 23.1 Å². The molecular formula is C40H58N2O2S2.